The molecule has 1 amide bonds. The monoisotopic (exact) mass is 267 g/mol. The number of aldehydes is 1. The van der Waals surface area contributed by atoms with Crippen LogP contribution in [-0.2, 0) is 9.53 Å². The van der Waals surface area contributed by atoms with E-state index in [1.165, 1.54) is 0 Å². The number of nitrogens with zero attached hydrogens (tertiary/aromatic N) is 1. The highest BCUT2D eigenvalue weighted by Gasteiger charge is 2.51. The van der Waals surface area contributed by atoms with Crippen LogP contribution in [0.5, 0.6) is 0 Å². The highest BCUT2D eigenvalue weighted by atomic mass is 16.6. The molecule has 0 aromatic carbocycles. The summed E-state index contributed by atoms with van der Waals surface area (Å²) in [5.41, 5.74) is -0.442. The van der Waals surface area contributed by atoms with Crippen LogP contribution >= 0.6 is 0 Å². The Kier molecular flexibility index (Phi) is 3.88. The summed E-state index contributed by atoms with van der Waals surface area (Å²) in [5, 5.41) is 0. The van der Waals surface area contributed by atoms with Crippen molar-refractivity contribution in [1.82, 2.24) is 4.90 Å². The van der Waals surface area contributed by atoms with Crippen LogP contribution in [0.25, 0.3) is 0 Å². The highest BCUT2D eigenvalue weighted by Crippen LogP contribution is 2.51. The van der Waals surface area contributed by atoms with Gasteiger partial charge in [-0.1, -0.05) is 6.92 Å². The SMILES string of the molecule is C[C@@H]1[C@H](C=O)[C@H]1[C@H]1CCCN(C(=O)OC(C)(C)C)C1. The molecule has 0 aromatic rings. The maximum atomic E-state index is 12.1. The van der Waals surface area contributed by atoms with E-state index in [0.29, 0.717) is 17.8 Å². The van der Waals surface area contributed by atoms with Crippen molar-refractivity contribution >= 4 is 12.4 Å². The molecule has 4 heteroatoms. The molecule has 0 spiro atoms. The number of likely N-dealkylation sites (tertiary alicyclic amines) is 1. The normalized spacial score (nSPS) is 34.8. The summed E-state index contributed by atoms with van der Waals surface area (Å²) in [5.74, 6) is 1.64. The molecule has 0 unspecified atom stereocenters. The number of piperidine rings is 1. The number of rotatable bonds is 2. The summed E-state index contributed by atoms with van der Waals surface area (Å²) in [6.07, 6.45) is 3.01. The maximum absolute atomic E-state index is 12.1. The van der Waals surface area contributed by atoms with Gasteiger partial charge in [0.05, 0.1) is 0 Å². The number of ether oxygens (including phenoxy) is 1. The number of carbonyl (C=O) groups is 2. The predicted octanol–water partition coefficient (Wildman–Crippen LogP) is 2.71. The molecule has 2 fully saturated rings. The van der Waals surface area contributed by atoms with E-state index in [4.69, 9.17) is 4.74 Å². The zero-order chi connectivity index (χ0) is 14.2. The lowest BCUT2D eigenvalue weighted by atomic mass is 9.92. The molecule has 0 aromatic heterocycles. The molecule has 2 rings (SSSR count). The average Bonchev–Trinajstić information content (AvgIpc) is 2.98. The minimum Gasteiger partial charge on any atom is -0.444 e. The number of hydrogen-bond acceptors (Lipinski definition) is 3. The number of amides is 1. The molecule has 0 N–H and O–H groups in total. The van der Waals surface area contributed by atoms with Gasteiger partial charge in [-0.05, 0) is 51.4 Å². The fraction of sp³-hybridized carbons (Fsp3) is 0.867. The minimum absolute atomic E-state index is 0.212. The molecular weight excluding hydrogens is 242 g/mol. The molecule has 1 saturated carbocycles. The third-order valence-corrected chi connectivity index (χ3v) is 4.33. The summed E-state index contributed by atoms with van der Waals surface area (Å²) in [6.45, 7) is 9.32. The Morgan fingerprint density at radius 3 is 2.58 bits per heavy atom. The van der Waals surface area contributed by atoms with E-state index >= 15 is 0 Å². The van der Waals surface area contributed by atoms with E-state index in [-0.39, 0.29) is 12.0 Å². The first kappa shape index (κ1) is 14.4. The van der Waals surface area contributed by atoms with E-state index in [2.05, 4.69) is 6.92 Å². The van der Waals surface area contributed by atoms with Crippen molar-refractivity contribution in [1.29, 1.82) is 0 Å². The van der Waals surface area contributed by atoms with E-state index < -0.39 is 5.60 Å². The van der Waals surface area contributed by atoms with Crippen LogP contribution in [0.1, 0.15) is 40.5 Å². The van der Waals surface area contributed by atoms with Crippen LogP contribution in [0, 0.1) is 23.7 Å². The predicted molar refractivity (Wildman–Crippen MR) is 72.7 cm³/mol. The van der Waals surface area contributed by atoms with Crippen molar-refractivity contribution in [3.8, 4) is 0 Å². The smallest absolute Gasteiger partial charge is 0.410 e. The summed E-state index contributed by atoms with van der Waals surface area (Å²) in [4.78, 5) is 24.8. The Bertz CT molecular complexity index is 361. The van der Waals surface area contributed by atoms with Gasteiger partial charge in [-0.15, -0.1) is 0 Å². The van der Waals surface area contributed by atoms with Crippen LogP contribution < -0.4 is 0 Å². The second-order valence-corrected chi connectivity index (χ2v) is 6.98. The first-order valence-corrected chi connectivity index (χ1v) is 7.26. The van der Waals surface area contributed by atoms with Crippen molar-refractivity contribution in [2.75, 3.05) is 13.1 Å². The molecule has 4 nitrogen and oxygen atoms in total. The van der Waals surface area contributed by atoms with Gasteiger partial charge >= 0.3 is 6.09 Å². The van der Waals surface area contributed by atoms with Gasteiger partial charge in [-0.3, -0.25) is 0 Å². The average molecular weight is 267 g/mol. The van der Waals surface area contributed by atoms with E-state index in [9.17, 15) is 9.59 Å². The van der Waals surface area contributed by atoms with Crippen molar-refractivity contribution in [2.24, 2.45) is 23.7 Å². The van der Waals surface area contributed by atoms with Gasteiger partial charge in [0.1, 0.15) is 11.9 Å². The molecule has 2 aliphatic rings. The maximum Gasteiger partial charge on any atom is 0.410 e. The van der Waals surface area contributed by atoms with Crippen molar-refractivity contribution in [2.45, 2.75) is 46.1 Å². The molecule has 19 heavy (non-hydrogen) atoms. The molecule has 1 heterocycles. The van der Waals surface area contributed by atoms with Gasteiger partial charge < -0.3 is 14.4 Å². The topological polar surface area (TPSA) is 46.6 Å². The van der Waals surface area contributed by atoms with E-state index in [0.717, 1.165) is 32.2 Å². The second kappa shape index (κ2) is 5.14. The lowest BCUT2D eigenvalue weighted by Gasteiger charge is -2.34. The first-order valence-electron chi connectivity index (χ1n) is 7.26. The van der Waals surface area contributed by atoms with E-state index in [1.54, 1.807) is 0 Å². The second-order valence-electron chi connectivity index (χ2n) is 6.98. The zero-order valence-electron chi connectivity index (χ0n) is 12.4. The molecule has 0 radical (unpaired) electrons. The molecule has 108 valence electrons. The van der Waals surface area contributed by atoms with E-state index in [1.807, 2.05) is 25.7 Å². The van der Waals surface area contributed by atoms with Crippen LogP contribution in [-0.4, -0.2) is 36.0 Å². The summed E-state index contributed by atoms with van der Waals surface area (Å²) < 4.78 is 5.42. The first-order chi connectivity index (χ1) is 8.83. The van der Waals surface area contributed by atoms with Gasteiger partial charge in [-0.25, -0.2) is 4.79 Å². The van der Waals surface area contributed by atoms with Gasteiger partial charge in [-0.2, -0.15) is 0 Å². The molecule has 1 saturated heterocycles. The van der Waals surface area contributed by atoms with Crippen LogP contribution in [0.15, 0.2) is 0 Å². The number of carbonyl (C=O) groups excluding carboxylic acids is 2. The third-order valence-electron chi connectivity index (χ3n) is 4.33. The third kappa shape index (κ3) is 3.28. The van der Waals surface area contributed by atoms with Gasteiger partial charge in [0.2, 0.25) is 0 Å². The van der Waals surface area contributed by atoms with Crippen LogP contribution in [0.4, 0.5) is 4.79 Å². The Hall–Kier alpha value is -1.06. The molecule has 1 aliphatic carbocycles. The molecule has 0 bridgehead atoms. The largest absolute Gasteiger partial charge is 0.444 e. The standard InChI is InChI=1S/C15H25NO3/c1-10-12(9-17)13(10)11-6-5-7-16(8-11)14(18)19-15(2,3)4/h9-13H,5-8H2,1-4H3/t10-,11+,12+,13-/m1/s1. The zero-order valence-corrected chi connectivity index (χ0v) is 12.4. The lowest BCUT2D eigenvalue weighted by molar-refractivity contribution is -0.109. The summed E-state index contributed by atoms with van der Waals surface area (Å²) in [6, 6.07) is 0. The lowest BCUT2D eigenvalue weighted by Crippen LogP contribution is -2.43. The highest BCUT2D eigenvalue weighted by molar-refractivity contribution is 5.68. The van der Waals surface area contributed by atoms with Crippen molar-refractivity contribution in [3.05, 3.63) is 0 Å². The van der Waals surface area contributed by atoms with Crippen molar-refractivity contribution in [3.63, 3.8) is 0 Å². The minimum atomic E-state index is -0.442. The van der Waals surface area contributed by atoms with Crippen LogP contribution in [0.2, 0.25) is 0 Å². The molecular formula is C15H25NO3. The fourth-order valence-corrected chi connectivity index (χ4v) is 3.30. The van der Waals surface area contributed by atoms with Gasteiger partial charge in [0.15, 0.2) is 0 Å². The summed E-state index contributed by atoms with van der Waals surface area (Å²) in [7, 11) is 0. The Morgan fingerprint density at radius 1 is 1.37 bits per heavy atom. The Balaban J connectivity index is 1.91. The molecule has 4 atom stereocenters. The Morgan fingerprint density at radius 2 is 2.05 bits per heavy atom. The van der Waals surface area contributed by atoms with Crippen molar-refractivity contribution < 1.29 is 14.3 Å². The van der Waals surface area contributed by atoms with Crippen LogP contribution in [0.3, 0.4) is 0 Å². The summed E-state index contributed by atoms with van der Waals surface area (Å²) >= 11 is 0. The quantitative estimate of drug-likeness (QED) is 0.723. The Labute approximate surface area is 115 Å². The fourth-order valence-electron chi connectivity index (χ4n) is 3.30. The number of hydrogen-bond donors (Lipinski definition) is 0. The van der Waals surface area contributed by atoms with Gasteiger partial charge in [0.25, 0.3) is 0 Å². The van der Waals surface area contributed by atoms with Gasteiger partial charge in [0, 0.05) is 19.0 Å². The molecule has 1 aliphatic heterocycles.